The lowest BCUT2D eigenvalue weighted by Crippen LogP contribution is -2.45. The fraction of sp³-hybridized carbons (Fsp3) is 0.545. The highest BCUT2D eigenvalue weighted by atomic mass is 19.1. The quantitative estimate of drug-likeness (QED) is 0.813. The monoisotopic (exact) mass is 403 g/mol. The van der Waals surface area contributed by atoms with Crippen molar-refractivity contribution in [2.24, 2.45) is 5.92 Å². The van der Waals surface area contributed by atoms with E-state index >= 15 is 0 Å². The lowest BCUT2D eigenvalue weighted by atomic mass is 9.96. The molecular formula is C22H30FN3O3. The highest BCUT2D eigenvalue weighted by molar-refractivity contribution is 5.85. The number of H-pyrrole nitrogens is 1. The first-order valence-electron chi connectivity index (χ1n) is 10.2. The number of rotatable bonds is 4. The molecule has 1 saturated heterocycles. The molecule has 0 aliphatic carbocycles. The second-order valence-electron chi connectivity index (χ2n) is 8.70. The van der Waals surface area contributed by atoms with E-state index in [1.165, 1.54) is 12.1 Å². The van der Waals surface area contributed by atoms with Crippen LogP contribution in [0.3, 0.4) is 0 Å². The minimum atomic E-state index is -0.519. The van der Waals surface area contributed by atoms with Crippen molar-refractivity contribution >= 4 is 22.9 Å². The Labute approximate surface area is 170 Å². The standard InChI is InChI=1S/C22H30FN3O3/c1-14-17(18-13-16(23)5-6-19(18)25-14)7-10-24-20(27)15-8-11-26(12-9-15)21(28)29-22(2,3)4/h5-6,13,15,25H,7-12H2,1-4H3,(H,24,27). The first-order valence-corrected chi connectivity index (χ1v) is 10.2. The van der Waals surface area contributed by atoms with Crippen molar-refractivity contribution < 1.29 is 18.7 Å². The average Bonchev–Trinajstić information content (AvgIpc) is 2.95. The highest BCUT2D eigenvalue weighted by Crippen LogP contribution is 2.24. The highest BCUT2D eigenvalue weighted by Gasteiger charge is 2.29. The molecule has 1 aromatic carbocycles. The lowest BCUT2D eigenvalue weighted by molar-refractivity contribution is -0.126. The van der Waals surface area contributed by atoms with E-state index in [0.717, 1.165) is 22.2 Å². The van der Waals surface area contributed by atoms with Gasteiger partial charge in [-0.2, -0.15) is 0 Å². The van der Waals surface area contributed by atoms with Gasteiger partial charge in [0.15, 0.2) is 0 Å². The Morgan fingerprint density at radius 1 is 1.28 bits per heavy atom. The molecule has 0 bridgehead atoms. The van der Waals surface area contributed by atoms with Crippen LogP contribution >= 0.6 is 0 Å². The summed E-state index contributed by atoms with van der Waals surface area (Å²) in [5.74, 6) is -0.355. The number of aromatic amines is 1. The second kappa shape index (κ2) is 8.43. The number of carbonyl (C=O) groups excluding carboxylic acids is 2. The number of hydrogen-bond donors (Lipinski definition) is 2. The number of carbonyl (C=O) groups is 2. The number of aryl methyl sites for hydroxylation is 1. The molecule has 29 heavy (non-hydrogen) atoms. The number of aromatic nitrogens is 1. The van der Waals surface area contributed by atoms with Crippen LogP contribution in [0.5, 0.6) is 0 Å². The summed E-state index contributed by atoms with van der Waals surface area (Å²) < 4.78 is 19.0. The van der Waals surface area contributed by atoms with Gasteiger partial charge in [0.25, 0.3) is 0 Å². The maximum atomic E-state index is 13.6. The third kappa shape index (κ3) is 5.28. The van der Waals surface area contributed by atoms with Crippen molar-refractivity contribution in [2.75, 3.05) is 19.6 Å². The Hall–Kier alpha value is -2.57. The molecule has 158 valence electrons. The molecule has 6 nitrogen and oxygen atoms in total. The number of nitrogens with zero attached hydrogens (tertiary/aromatic N) is 1. The Kier molecular flexibility index (Phi) is 6.15. The van der Waals surface area contributed by atoms with Crippen LogP contribution in [0.1, 0.15) is 44.9 Å². The number of hydrogen-bond acceptors (Lipinski definition) is 3. The van der Waals surface area contributed by atoms with Gasteiger partial charge in [-0.1, -0.05) is 0 Å². The topological polar surface area (TPSA) is 74.4 Å². The first kappa shape index (κ1) is 21.1. The van der Waals surface area contributed by atoms with Gasteiger partial charge >= 0.3 is 6.09 Å². The van der Waals surface area contributed by atoms with Gasteiger partial charge in [-0.3, -0.25) is 4.79 Å². The third-order valence-electron chi connectivity index (χ3n) is 5.27. The number of nitrogens with one attached hydrogen (secondary N) is 2. The van der Waals surface area contributed by atoms with Crippen molar-refractivity contribution in [3.8, 4) is 0 Å². The van der Waals surface area contributed by atoms with Crippen molar-refractivity contribution in [3.05, 3.63) is 35.3 Å². The Bertz CT molecular complexity index is 893. The maximum absolute atomic E-state index is 13.6. The molecule has 3 rings (SSSR count). The Morgan fingerprint density at radius 2 is 1.97 bits per heavy atom. The molecule has 2 amide bonds. The van der Waals surface area contributed by atoms with E-state index in [1.54, 1.807) is 11.0 Å². The van der Waals surface area contributed by atoms with Crippen LogP contribution in [-0.2, 0) is 16.0 Å². The zero-order chi connectivity index (χ0) is 21.2. The molecule has 2 N–H and O–H groups in total. The molecule has 2 heterocycles. The fourth-order valence-electron chi connectivity index (χ4n) is 3.78. The van der Waals surface area contributed by atoms with E-state index in [2.05, 4.69) is 10.3 Å². The molecule has 2 aromatic rings. The van der Waals surface area contributed by atoms with Crippen molar-refractivity contribution in [2.45, 2.75) is 52.6 Å². The summed E-state index contributed by atoms with van der Waals surface area (Å²) in [6.07, 6.45) is 1.57. The molecule has 0 radical (unpaired) electrons. The molecule has 1 fully saturated rings. The van der Waals surface area contributed by atoms with Crippen LogP contribution in [0.15, 0.2) is 18.2 Å². The normalized spacial score (nSPS) is 15.6. The van der Waals surface area contributed by atoms with E-state index in [0.29, 0.717) is 38.9 Å². The molecule has 0 atom stereocenters. The molecular weight excluding hydrogens is 373 g/mol. The zero-order valence-electron chi connectivity index (χ0n) is 17.6. The summed E-state index contributed by atoms with van der Waals surface area (Å²) in [5, 5.41) is 3.86. The SMILES string of the molecule is Cc1[nH]c2ccc(F)cc2c1CCNC(=O)C1CCN(C(=O)OC(C)(C)C)CC1. The molecule has 1 aromatic heterocycles. The van der Waals surface area contributed by atoms with Crippen LogP contribution in [0, 0.1) is 18.7 Å². The van der Waals surface area contributed by atoms with Crippen LogP contribution in [0.4, 0.5) is 9.18 Å². The van der Waals surface area contributed by atoms with Crippen molar-refractivity contribution in [1.29, 1.82) is 0 Å². The largest absolute Gasteiger partial charge is 0.444 e. The summed E-state index contributed by atoms with van der Waals surface area (Å²) in [5.41, 5.74) is 2.40. The summed E-state index contributed by atoms with van der Waals surface area (Å²) >= 11 is 0. The van der Waals surface area contributed by atoms with Gasteiger partial charge in [0.1, 0.15) is 11.4 Å². The van der Waals surface area contributed by atoms with Crippen LogP contribution in [0.2, 0.25) is 0 Å². The summed E-state index contributed by atoms with van der Waals surface area (Å²) in [4.78, 5) is 29.6. The van der Waals surface area contributed by atoms with Crippen LogP contribution < -0.4 is 5.32 Å². The van der Waals surface area contributed by atoms with E-state index < -0.39 is 5.60 Å². The van der Waals surface area contributed by atoms with Crippen molar-refractivity contribution in [1.82, 2.24) is 15.2 Å². The van der Waals surface area contributed by atoms with Crippen LogP contribution in [0.25, 0.3) is 10.9 Å². The summed E-state index contributed by atoms with van der Waals surface area (Å²) in [6, 6.07) is 4.70. The minimum absolute atomic E-state index is 0.0116. The molecule has 1 aliphatic heterocycles. The van der Waals surface area contributed by atoms with Gasteiger partial charge in [-0.25, -0.2) is 9.18 Å². The average molecular weight is 403 g/mol. The number of halogens is 1. The van der Waals surface area contributed by atoms with Gasteiger partial charge < -0.3 is 19.9 Å². The number of fused-ring (bicyclic) bond motifs is 1. The summed E-state index contributed by atoms with van der Waals surface area (Å²) in [7, 11) is 0. The van der Waals surface area contributed by atoms with Crippen molar-refractivity contribution in [3.63, 3.8) is 0 Å². The van der Waals surface area contributed by atoms with Gasteiger partial charge in [-0.05, 0) is 70.7 Å². The van der Waals surface area contributed by atoms with Gasteiger partial charge in [-0.15, -0.1) is 0 Å². The molecule has 1 aliphatic rings. The second-order valence-corrected chi connectivity index (χ2v) is 8.70. The number of amides is 2. The Balaban J connectivity index is 1.48. The summed E-state index contributed by atoms with van der Waals surface area (Å²) in [6.45, 7) is 9.03. The first-order chi connectivity index (χ1) is 13.6. The van der Waals surface area contributed by atoms with Crippen LogP contribution in [-0.4, -0.2) is 47.1 Å². The van der Waals surface area contributed by atoms with Gasteiger partial charge in [0, 0.05) is 42.1 Å². The maximum Gasteiger partial charge on any atom is 0.410 e. The smallest absolute Gasteiger partial charge is 0.410 e. The number of ether oxygens (including phenoxy) is 1. The number of likely N-dealkylation sites (tertiary alicyclic amines) is 1. The van der Waals surface area contributed by atoms with Gasteiger partial charge in [0.2, 0.25) is 5.91 Å². The zero-order valence-corrected chi connectivity index (χ0v) is 17.6. The molecule has 0 saturated carbocycles. The fourth-order valence-corrected chi connectivity index (χ4v) is 3.78. The predicted molar refractivity (Wildman–Crippen MR) is 110 cm³/mol. The minimum Gasteiger partial charge on any atom is -0.444 e. The van der Waals surface area contributed by atoms with E-state index in [9.17, 15) is 14.0 Å². The predicted octanol–water partition coefficient (Wildman–Crippen LogP) is 3.92. The molecule has 0 spiro atoms. The molecule has 0 unspecified atom stereocenters. The lowest BCUT2D eigenvalue weighted by Gasteiger charge is -2.32. The molecule has 7 heteroatoms. The Morgan fingerprint density at radius 3 is 2.62 bits per heavy atom. The third-order valence-corrected chi connectivity index (χ3v) is 5.27. The van der Waals surface area contributed by atoms with Gasteiger partial charge in [0.05, 0.1) is 0 Å². The van der Waals surface area contributed by atoms with E-state index in [1.807, 2.05) is 27.7 Å². The van der Waals surface area contributed by atoms with E-state index in [4.69, 9.17) is 4.74 Å². The van der Waals surface area contributed by atoms with E-state index in [-0.39, 0.29) is 23.7 Å². The number of benzene rings is 1. The number of piperidine rings is 1.